The van der Waals surface area contributed by atoms with E-state index in [-0.39, 0.29) is 0 Å². The molecule has 0 amide bonds. The largest absolute Gasteiger partial charge is 0.468 e. The summed E-state index contributed by atoms with van der Waals surface area (Å²) in [6, 6.07) is 4.55. The zero-order valence-corrected chi connectivity index (χ0v) is 10.4. The number of nitrogens with one attached hydrogen (secondary N) is 1. The summed E-state index contributed by atoms with van der Waals surface area (Å²) in [7, 11) is 0. The summed E-state index contributed by atoms with van der Waals surface area (Å²) in [6.07, 6.45) is 7.29. The molecule has 1 atom stereocenters. The molecule has 1 aliphatic carbocycles. The van der Waals surface area contributed by atoms with Gasteiger partial charge >= 0.3 is 0 Å². The number of nitrogens with zero attached hydrogens (tertiary/aromatic N) is 1. The molecule has 0 bridgehead atoms. The molecular weight excluding hydrogens is 212 g/mol. The lowest BCUT2D eigenvalue weighted by Gasteiger charge is -2.26. The molecule has 1 unspecified atom stereocenters. The summed E-state index contributed by atoms with van der Waals surface area (Å²) in [4.78, 5) is 2.55. The first-order valence-electron chi connectivity index (χ1n) is 6.91. The van der Waals surface area contributed by atoms with Crippen LogP contribution in [0.5, 0.6) is 0 Å². The van der Waals surface area contributed by atoms with Crippen molar-refractivity contribution in [2.24, 2.45) is 5.92 Å². The highest BCUT2D eigenvalue weighted by molar-refractivity contribution is 5.06. The number of hydrogen-bond donors (Lipinski definition) is 1. The Balaban J connectivity index is 1.58. The fourth-order valence-electron chi connectivity index (χ4n) is 2.69. The van der Waals surface area contributed by atoms with Gasteiger partial charge in [0.1, 0.15) is 5.76 Å². The third kappa shape index (κ3) is 2.90. The molecule has 2 aliphatic rings. The Morgan fingerprint density at radius 2 is 2.18 bits per heavy atom. The number of rotatable bonds is 6. The van der Waals surface area contributed by atoms with Crippen molar-refractivity contribution in [2.45, 2.75) is 31.7 Å². The number of furan rings is 1. The van der Waals surface area contributed by atoms with Gasteiger partial charge in [0.15, 0.2) is 0 Å². The Bertz CT molecular complexity index is 326. The van der Waals surface area contributed by atoms with Crippen molar-refractivity contribution in [3.63, 3.8) is 0 Å². The molecule has 3 heteroatoms. The molecule has 1 N–H and O–H groups in total. The van der Waals surface area contributed by atoms with E-state index < -0.39 is 0 Å². The van der Waals surface area contributed by atoms with Crippen molar-refractivity contribution in [2.75, 3.05) is 26.2 Å². The molecule has 3 nitrogen and oxygen atoms in total. The van der Waals surface area contributed by atoms with Gasteiger partial charge in [0.25, 0.3) is 0 Å². The average Bonchev–Trinajstić information content (AvgIpc) is 2.88. The van der Waals surface area contributed by atoms with Crippen LogP contribution >= 0.6 is 0 Å². The van der Waals surface area contributed by atoms with E-state index in [1.54, 1.807) is 6.26 Å². The van der Waals surface area contributed by atoms with Gasteiger partial charge in [-0.1, -0.05) is 0 Å². The second-order valence-corrected chi connectivity index (χ2v) is 5.38. The van der Waals surface area contributed by atoms with Gasteiger partial charge in [0, 0.05) is 6.54 Å². The van der Waals surface area contributed by atoms with Crippen LogP contribution in [0, 0.1) is 5.92 Å². The van der Waals surface area contributed by atoms with Crippen LogP contribution in [-0.4, -0.2) is 31.1 Å². The van der Waals surface area contributed by atoms with E-state index in [2.05, 4.69) is 16.3 Å². The summed E-state index contributed by atoms with van der Waals surface area (Å²) < 4.78 is 5.60. The van der Waals surface area contributed by atoms with Crippen LogP contribution in [0.4, 0.5) is 0 Å². The highest BCUT2D eigenvalue weighted by atomic mass is 16.3. The predicted molar refractivity (Wildman–Crippen MR) is 67.8 cm³/mol. The zero-order chi connectivity index (χ0) is 11.5. The molecule has 1 saturated carbocycles. The maximum Gasteiger partial charge on any atom is 0.122 e. The van der Waals surface area contributed by atoms with Crippen LogP contribution in [-0.2, 0) is 0 Å². The van der Waals surface area contributed by atoms with Crippen molar-refractivity contribution in [3.05, 3.63) is 24.2 Å². The lowest BCUT2D eigenvalue weighted by Crippen LogP contribution is -2.34. The second kappa shape index (κ2) is 5.23. The van der Waals surface area contributed by atoms with E-state index in [1.807, 2.05) is 6.07 Å². The monoisotopic (exact) mass is 234 g/mol. The summed E-state index contributed by atoms with van der Waals surface area (Å²) in [5.41, 5.74) is 0. The van der Waals surface area contributed by atoms with Crippen LogP contribution in [0.1, 0.15) is 37.5 Å². The van der Waals surface area contributed by atoms with E-state index in [0.29, 0.717) is 6.04 Å². The smallest absolute Gasteiger partial charge is 0.122 e. The summed E-state index contributed by atoms with van der Waals surface area (Å²) >= 11 is 0. The summed E-state index contributed by atoms with van der Waals surface area (Å²) in [5, 5.41) is 3.61. The van der Waals surface area contributed by atoms with Gasteiger partial charge in [-0.2, -0.15) is 0 Å². The Labute approximate surface area is 103 Å². The van der Waals surface area contributed by atoms with Gasteiger partial charge in [-0.05, 0) is 63.4 Å². The van der Waals surface area contributed by atoms with Gasteiger partial charge in [-0.25, -0.2) is 0 Å². The van der Waals surface area contributed by atoms with E-state index >= 15 is 0 Å². The van der Waals surface area contributed by atoms with Gasteiger partial charge in [-0.3, -0.25) is 4.90 Å². The molecule has 17 heavy (non-hydrogen) atoms. The molecule has 1 aromatic heterocycles. The predicted octanol–water partition coefficient (Wildman–Crippen LogP) is 2.42. The third-order valence-corrected chi connectivity index (χ3v) is 3.92. The van der Waals surface area contributed by atoms with Crippen molar-refractivity contribution in [3.8, 4) is 0 Å². The Morgan fingerprint density at radius 1 is 1.35 bits per heavy atom. The standard InChI is InChI=1S/C14H22N2O/c1-2-8-16(7-1)13(14-4-3-9-17-14)11-15-10-12-5-6-12/h3-4,9,12-13,15H,1-2,5-8,10-11H2. The third-order valence-electron chi connectivity index (χ3n) is 3.92. The SMILES string of the molecule is c1coc(C(CNCC2CC2)N2CCCC2)c1. The molecule has 1 aliphatic heterocycles. The van der Waals surface area contributed by atoms with Gasteiger partial charge in [0.05, 0.1) is 12.3 Å². The first-order valence-corrected chi connectivity index (χ1v) is 6.91. The maximum absolute atomic E-state index is 5.60. The van der Waals surface area contributed by atoms with E-state index in [9.17, 15) is 0 Å². The molecule has 1 aromatic rings. The van der Waals surface area contributed by atoms with Crippen molar-refractivity contribution in [1.29, 1.82) is 0 Å². The van der Waals surface area contributed by atoms with E-state index in [1.165, 1.54) is 45.3 Å². The number of likely N-dealkylation sites (tertiary alicyclic amines) is 1. The summed E-state index contributed by atoms with van der Waals surface area (Å²) in [5.74, 6) is 2.07. The normalized spacial score (nSPS) is 23.1. The fraction of sp³-hybridized carbons (Fsp3) is 0.714. The van der Waals surface area contributed by atoms with Crippen LogP contribution in [0.15, 0.2) is 22.8 Å². The number of hydrogen-bond acceptors (Lipinski definition) is 3. The molecule has 0 aromatic carbocycles. The van der Waals surface area contributed by atoms with Crippen LogP contribution < -0.4 is 5.32 Å². The van der Waals surface area contributed by atoms with Crippen molar-refractivity contribution >= 4 is 0 Å². The molecule has 1 saturated heterocycles. The Kier molecular flexibility index (Phi) is 3.48. The molecular formula is C14H22N2O. The van der Waals surface area contributed by atoms with Crippen LogP contribution in [0.2, 0.25) is 0 Å². The average molecular weight is 234 g/mol. The second-order valence-electron chi connectivity index (χ2n) is 5.38. The van der Waals surface area contributed by atoms with Gasteiger partial charge in [0.2, 0.25) is 0 Å². The van der Waals surface area contributed by atoms with Gasteiger partial charge in [-0.15, -0.1) is 0 Å². The lowest BCUT2D eigenvalue weighted by atomic mass is 10.2. The quantitative estimate of drug-likeness (QED) is 0.819. The fourth-order valence-corrected chi connectivity index (χ4v) is 2.69. The Morgan fingerprint density at radius 3 is 2.82 bits per heavy atom. The highest BCUT2D eigenvalue weighted by Crippen LogP contribution is 2.28. The summed E-state index contributed by atoms with van der Waals surface area (Å²) in [6.45, 7) is 4.65. The van der Waals surface area contributed by atoms with E-state index in [0.717, 1.165) is 18.2 Å². The lowest BCUT2D eigenvalue weighted by molar-refractivity contribution is 0.209. The molecule has 0 radical (unpaired) electrons. The molecule has 0 spiro atoms. The molecule has 2 heterocycles. The minimum Gasteiger partial charge on any atom is -0.468 e. The molecule has 2 fully saturated rings. The molecule has 94 valence electrons. The van der Waals surface area contributed by atoms with E-state index in [4.69, 9.17) is 4.42 Å². The first kappa shape index (κ1) is 11.3. The minimum absolute atomic E-state index is 0.436. The van der Waals surface area contributed by atoms with Crippen LogP contribution in [0.25, 0.3) is 0 Å². The van der Waals surface area contributed by atoms with Gasteiger partial charge < -0.3 is 9.73 Å². The molecule has 3 rings (SSSR count). The maximum atomic E-state index is 5.60. The first-order chi connectivity index (χ1) is 8.43. The zero-order valence-electron chi connectivity index (χ0n) is 10.4. The topological polar surface area (TPSA) is 28.4 Å². The van der Waals surface area contributed by atoms with Crippen LogP contribution in [0.3, 0.4) is 0 Å². The highest BCUT2D eigenvalue weighted by Gasteiger charge is 2.26. The van der Waals surface area contributed by atoms with Crippen molar-refractivity contribution in [1.82, 2.24) is 10.2 Å². The Hall–Kier alpha value is -0.800. The van der Waals surface area contributed by atoms with Crippen molar-refractivity contribution < 1.29 is 4.42 Å². The minimum atomic E-state index is 0.436.